The number of halogens is 3. The topological polar surface area (TPSA) is 55.8 Å². The minimum atomic E-state index is -4.39. The third-order valence-electron chi connectivity index (χ3n) is 3.94. The van der Waals surface area contributed by atoms with Crippen LogP contribution >= 0.6 is 0 Å². The number of rotatable bonds is 8. The van der Waals surface area contributed by atoms with E-state index in [4.69, 9.17) is 9.47 Å². The van der Waals surface area contributed by atoms with Gasteiger partial charge in [0.05, 0.1) is 11.7 Å². The van der Waals surface area contributed by atoms with Crippen molar-refractivity contribution < 1.29 is 32.5 Å². The molecule has 2 atom stereocenters. The van der Waals surface area contributed by atoms with Gasteiger partial charge in [-0.25, -0.2) is 0 Å². The molecule has 27 heavy (non-hydrogen) atoms. The summed E-state index contributed by atoms with van der Waals surface area (Å²) in [5.74, 6) is 1.14. The van der Waals surface area contributed by atoms with E-state index in [9.17, 15) is 23.1 Å². The highest BCUT2D eigenvalue weighted by molar-refractivity contribution is 5.78. The van der Waals surface area contributed by atoms with E-state index in [-0.39, 0.29) is 18.0 Å². The van der Waals surface area contributed by atoms with Crippen LogP contribution in [0.2, 0.25) is 0 Å². The Labute approximate surface area is 155 Å². The number of Topliss-reactive ketones (excluding diaryl/α,β-unsaturated/α-hetero) is 1. The summed E-state index contributed by atoms with van der Waals surface area (Å²) in [7, 11) is 0. The number of aliphatic hydroxyl groups excluding tert-OH is 1. The highest BCUT2D eigenvalue weighted by Gasteiger charge is 2.30. The molecule has 4 nitrogen and oxygen atoms in total. The van der Waals surface area contributed by atoms with Crippen LogP contribution in [0.25, 0.3) is 0 Å². The molecule has 0 radical (unpaired) electrons. The Hall–Kier alpha value is -2.54. The molecule has 0 spiro atoms. The van der Waals surface area contributed by atoms with Crippen LogP contribution in [-0.4, -0.2) is 23.1 Å². The van der Waals surface area contributed by atoms with E-state index in [1.807, 2.05) is 0 Å². The average Bonchev–Trinajstić information content (AvgIpc) is 2.62. The van der Waals surface area contributed by atoms with Gasteiger partial charge in [-0.3, -0.25) is 4.79 Å². The Bertz CT molecular complexity index is 739. The molecule has 0 aliphatic carbocycles. The number of benzene rings is 2. The van der Waals surface area contributed by atoms with Crippen molar-refractivity contribution in [3.8, 4) is 17.2 Å². The first-order valence-corrected chi connectivity index (χ1v) is 8.50. The Kier molecular flexibility index (Phi) is 6.85. The molecule has 2 aromatic rings. The minimum Gasteiger partial charge on any atom is -0.488 e. The van der Waals surface area contributed by atoms with Crippen LogP contribution in [0.4, 0.5) is 13.2 Å². The third kappa shape index (κ3) is 6.29. The zero-order valence-electron chi connectivity index (χ0n) is 15.0. The molecule has 0 fully saturated rings. The van der Waals surface area contributed by atoms with Crippen molar-refractivity contribution in [1.82, 2.24) is 0 Å². The fraction of sp³-hybridized carbons (Fsp3) is 0.350. The first-order valence-electron chi connectivity index (χ1n) is 8.50. The molecule has 1 N–H and O–H groups in total. The van der Waals surface area contributed by atoms with E-state index < -0.39 is 23.9 Å². The van der Waals surface area contributed by atoms with Gasteiger partial charge in [0.2, 0.25) is 0 Å². The molecular formula is C20H21F3O4. The lowest BCUT2D eigenvalue weighted by atomic mass is 10.1. The monoisotopic (exact) mass is 382 g/mol. The average molecular weight is 382 g/mol. The largest absolute Gasteiger partial charge is 0.488 e. The lowest BCUT2D eigenvalue weighted by molar-refractivity contribution is -0.137. The lowest BCUT2D eigenvalue weighted by Crippen LogP contribution is -2.30. The molecule has 0 aromatic heterocycles. The summed E-state index contributed by atoms with van der Waals surface area (Å²) in [4.78, 5) is 11.4. The van der Waals surface area contributed by atoms with Gasteiger partial charge in [0, 0.05) is 12.8 Å². The molecule has 7 heteroatoms. The van der Waals surface area contributed by atoms with E-state index in [1.165, 1.54) is 12.1 Å². The predicted molar refractivity (Wildman–Crippen MR) is 94.0 cm³/mol. The minimum absolute atomic E-state index is 0.0345. The highest BCUT2D eigenvalue weighted by Crippen LogP contribution is 2.31. The smallest absolute Gasteiger partial charge is 0.416 e. The first kappa shape index (κ1) is 20.8. The molecule has 0 aliphatic rings. The van der Waals surface area contributed by atoms with Gasteiger partial charge >= 0.3 is 6.18 Å². The summed E-state index contributed by atoms with van der Waals surface area (Å²) in [5.41, 5.74) is -0.743. The van der Waals surface area contributed by atoms with Crippen LogP contribution in [0, 0.1) is 0 Å². The first-order chi connectivity index (χ1) is 12.7. The van der Waals surface area contributed by atoms with Crippen molar-refractivity contribution in [3.05, 3.63) is 54.1 Å². The second kappa shape index (κ2) is 8.90. The van der Waals surface area contributed by atoms with Crippen LogP contribution < -0.4 is 9.47 Å². The summed E-state index contributed by atoms with van der Waals surface area (Å²) in [6.45, 7) is 3.40. The fourth-order valence-electron chi connectivity index (χ4n) is 2.27. The maximum atomic E-state index is 12.6. The van der Waals surface area contributed by atoms with Gasteiger partial charge in [0.15, 0.2) is 0 Å². The maximum Gasteiger partial charge on any atom is 0.416 e. The van der Waals surface area contributed by atoms with E-state index in [2.05, 4.69) is 0 Å². The van der Waals surface area contributed by atoms with E-state index in [1.54, 1.807) is 38.1 Å². The number of aliphatic hydroxyl groups is 1. The number of ether oxygens (including phenoxy) is 2. The van der Waals surface area contributed by atoms with E-state index in [0.29, 0.717) is 17.9 Å². The Balaban J connectivity index is 1.94. The molecule has 2 rings (SSSR count). The van der Waals surface area contributed by atoms with Gasteiger partial charge in [-0.2, -0.15) is 13.2 Å². The van der Waals surface area contributed by atoms with Crippen LogP contribution in [0.5, 0.6) is 17.2 Å². The maximum absolute atomic E-state index is 12.6. The van der Waals surface area contributed by atoms with Crippen molar-refractivity contribution in [3.63, 3.8) is 0 Å². The lowest BCUT2D eigenvalue weighted by Gasteiger charge is -2.20. The number of carbonyl (C=O) groups is 1. The molecule has 146 valence electrons. The van der Waals surface area contributed by atoms with E-state index in [0.717, 1.165) is 12.1 Å². The molecule has 0 saturated carbocycles. The van der Waals surface area contributed by atoms with E-state index >= 15 is 0 Å². The van der Waals surface area contributed by atoms with Crippen molar-refractivity contribution in [1.29, 1.82) is 0 Å². The van der Waals surface area contributed by atoms with Crippen molar-refractivity contribution in [2.75, 3.05) is 0 Å². The van der Waals surface area contributed by atoms with Crippen LogP contribution in [0.1, 0.15) is 32.3 Å². The van der Waals surface area contributed by atoms with Gasteiger partial charge in [-0.1, -0.05) is 6.92 Å². The fourth-order valence-corrected chi connectivity index (χ4v) is 2.27. The van der Waals surface area contributed by atoms with Gasteiger partial charge in [0.1, 0.15) is 29.1 Å². The summed E-state index contributed by atoms with van der Waals surface area (Å²) in [6, 6.07) is 10.8. The number of ketones is 1. The number of hydrogen-bond acceptors (Lipinski definition) is 4. The zero-order chi connectivity index (χ0) is 20.0. The number of carbonyl (C=O) groups excluding carboxylic acids is 1. The SMILES string of the molecule is CCC(=O)CC(O)C(C)Oc1ccc(Oc2ccc(C(F)(F)F)cc2)cc1. The molecule has 0 bridgehead atoms. The van der Waals surface area contributed by atoms with Crippen molar-refractivity contribution >= 4 is 5.78 Å². The van der Waals surface area contributed by atoms with Gasteiger partial charge in [0.25, 0.3) is 0 Å². The second-order valence-corrected chi connectivity index (χ2v) is 6.08. The molecule has 2 aromatic carbocycles. The molecule has 0 saturated heterocycles. The van der Waals surface area contributed by atoms with Crippen molar-refractivity contribution in [2.24, 2.45) is 0 Å². The Morgan fingerprint density at radius 3 is 1.96 bits per heavy atom. The number of alkyl halides is 3. The predicted octanol–water partition coefficient (Wildman–Crippen LogP) is 5.00. The third-order valence-corrected chi connectivity index (χ3v) is 3.94. The molecular weight excluding hydrogens is 361 g/mol. The van der Waals surface area contributed by atoms with Gasteiger partial charge in [-0.05, 0) is 55.5 Å². The Morgan fingerprint density at radius 2 is 1.48 bits per heavy atom. The summed E-state index contributed by atoms with van der Waals surface area (Å²) < 4.78 is 48.8. The van der Waals surface area contributed by atoms with Crippen LogP contribution in [0.3, 0.4) is 0 Å². The van der Waals surface area contributed by atoms with Gasteiger partial charge < -0.3 is 14.6 Å². The molecule has 2 unspecified atom stereocenters. The van der Waals surface area contributed by atoms with Crippen molar-refractivity contribution in [2.45, 2.75) is 45.1 Å². The summed E-state index contributed by atoms with van der Waals surface area (Å²) in [5, 5.41) is 9.96. The second-order valence-electron chi connectivity index (χ2n) is 6.08. The standard InChI is InChI=1S/C20H21F3O4/c1-3-15(24)12-19(25)13(2)26-16-8-10-18(11-9-16)27-17-6-4-14(5-7-17)20(21,22)23/h4-11,13,19,25H,3,12H2,1-2H3. The summed E-state index contributed by atoms with van der Waals surface area (Å²) in [6.07, 6.45) is -5.46. The molecule has 0 aliphatic heterocycles. The molecule has 0 heterocycles. The normalized spacial score (nSPS) is 13.7. The van der Waals surface area contributed by atoms with Crippen LogP contribution in [-0.2, 0) is 11.0 Å². The quantitative estimate of drug-likeness (QED) is 0.698. The highest BCUT2D eigenvalue weighted by atomic mass is 19.4. The summed E-state index contributed by atoms with van der Waals surface area (Å²) >= 11 is 0. The van der Waals surface area contributed by atoms with Gasteiger partial charge in [-0.15, -0.1) is 0 Å². The Morgan fingerprint density at radius 1 is 1.00 bits per heavy atom. The van der Waals surface area contributed by atoms with Crippen LogP contribution in [0.15, 0.2) is 48.5 Å². The molecule has 0 amide bonds. The number of hydrogen-bond donors (Lipinski definition) is 1. The zero-order valence-corrected chi connectivity index (χ0v) is 15.0.